The Kier molecular flexibility index (Phi) is 6.25. The van der Waals surface area contributed by atoms with E-state index in [0.717, 1.165) is 0 Å². The van der Waals surface area contributed by atoms with Gasteiger partial charge in [-0.25, -0.2) is 9.18 Å². The lowest BCUT2D eigenvalue weighted by atomic mass is 10.2. The number of anilines is 1. The average Bonchev–Trinajstić information content (AvgIpc) is 3.05. The van der Waals surface area contributed by atoms with Gasteiger partial charge in [-0.1, -0.05) is 0 Å². The fourth-order valence-electron chi connectivity index (χ4n) is 2.43. The van der Waals surface area contributed by atoms with Crippen LogP contribution in [0.1, 0.15) is 27.2 Å². The van der Waals surface area contributed by atoms with Gasteiger partial charge in [0.25, 0.3) is 0 Å². The second kappa shape index (κ2) is 8.41. The molecule has 142 valence electrons. The molecule has 7 nitrogen and oxygen atoms in total. The molecule has 0 saturated carbocycles. The van der Waals surface area contributed by atoms with Crippen molar-refractivity contribution in [2.75, 3.05) is 18.4 Å². The standard InChI is InChI=1S/C19H21FN4O3/c1-19(2,3)27-18(25)24-7-6-15(12-24)26-17-5-4-14(8-16(17)20)23-11-13(9-21)10-22/h4-5,8,11,15,23H,6-7,12H2,1-3H3. The van der Waals surface area contributed by atoms with Crippen LogP contribution in [0.2, 0.25) is 0 Å². The van der Waals surface area contributed by atoms with Crippen molar-refractivity contribution in [3.63, 3.8) is 0 Å². The monoisotopic (exact) mass is 372 g/mol. The Morgan fingerprint density at radius 1 is 1.37 bits per heavy atom. The Hall–Kier alpha value is -3.26. The van der Waals surface area contributed by atoms with Gasteiger partial charge in [-0.2, -0.15) is 10.5 Å². The molecule has 0 spiro atoms. The van der Waals surface area contributed by atoms with E-state index in [0.29, 0.717) is 25.2 Å². The maximum absolute atomic E-state index is 14.2. The topological polar surface area (TPSA) is 98.4 Å². The molecule has 1 aliphatic rings. The summed E-state index contributed by atoms with van der Waals surface area (Å²) in [6.45, 7) is 6.20. The molecule has 1 amide bonds. The number of nitriles is 2. The van der Waals surface area contributed by atoms with Gasteiger partial charge >= 0.3 is 6.09 Å². The molecule has 0 bridgehead atoms. The summed E-state index contributed by atoms with van der Waals surface area (Å²) in [4.78, 5) is 13.6. The molecule has 0 radical (unpaired) electrons. The summed E-state index contributed by atoms with van der Waals surface area (Å²) in [5, 5.41) is 20.0. The van der Waals surface area contributed by atoms with E-state index in [1.807, 2.05) is 0 Å². The molecule has 2 rings (SSSR count). The first-order chi connectivity index (χ1) is 12.7. The lowest BCUT2D eigenvalue weighted by Crippen LogP contribution is -2.36. The molecule has 1 aromatic carbocycles. The fraction of sp³-hybridized carbons (Fsp3) is 0.421. The third-order valence-electron chi connectivity index (χ3n) is 3.65. The van der Waals surface area contributed by atoms with Crippen LogP contribution in [0.4, 0.5) is 14.9 Å². The summed E-state index contributed by atoms with van der Waals surface area (Å²) >= 11 is 0. The zero-order chi connectivity index (χ0) is 20.0. The van der Waals surface area contributed by atoms with Crippen LogP contribution in [0.15, 0.2) is 30.0 Å². The van der Waals surface area contributed by atoms with Gasteiger partial charge in [0, 0.05) is 30.9 Å². The Labute approximate surface area is 157 Å². The molecule has 1 unspecified atom stereocenters. The van der Waals surface area contributed by atoms with Gasteiger partial charge in [0.15, 0.2) is 11.6 Å². The number of likely N-dealkylation sites (tertiary alicyclic amines) is 1. The number of carbonyl (C=O) groups is 1. The summed E-state index contributed by atoms with van der Waals surface area (Å²) < 4.78 is 25.2. The van der Waals surface area contributed by atoms with Crippen molar-refractivity contribution in [3.05, 3.63) is 35.8 Å². The van der Waals surface area contributed by atoms with Gasteiger partial charge in [-0.15, -0.1) is 0 Å². The lowest BCUT2D eigenvalue weighted by Gasteiger charge is -2.24. The molecule has 1 heterocycles. The Morgan fingerprint density at radius 2 is 2.07 bits per heavy atom. The first kappa shape index (κ1) is 20.1. The summed E-state index contributed by atoms with van der Waals surface area (Å²) in [6.07, 6.45) is 1.04. The second-order valence-electron chi connectivity index (χ2n) is 7.03. The molecular weight excluding hydrogens is 351 g/mol. The summed E-state index contributed by atoms with van der Waals surface area (Å²) in [6, 6.07) is 7.64. The van der Waals surface area contributed by atoms with Crippen molar-refractivity contribution in [2.24, 2.45) is 0 Å². The zero-order valence-corrected chi connectivity index (χ0v) is 15.5. The number of halogens is 1. The normalized spacial score (nSPS) is 16.1. The fourth-order valence-corrected chi connectivity index (χ4v) is 2.43. The van der Waals surface area contributed by atoms with Crippen molar-refractivity contribution in [3.8, 4) is 17.9 Å². The van der Waals surface area contributed by atoms with E-state index in [-0.39, 0.29) is 17.4 Å². The second-order valence-corrected chi connectivity index (χ2v) is 7.03. The predicted octanol–water partition coefficient (Wildman–Crippen LogP) is 3.56. The highest BCUT2D eigenvalue weighted by Gasteiger charge is 2.31. The summed E-state index contributed by atoms with van der Waals surface area (Å²) in [5.74, 6) is -0.513. The molecule has 1 aliphatic heterocycles. The third-order valence-corrected chi connectivity index (χ3v) is 3.65. The maximum Gasteiger partial charge on any atom is 0.410 e. The van der Waals surface area contributed by atoms with Crippen LogP contribution in [0.3, 0.4) is 0 Å². The van der Waals surface area contributed by atoms with E-state index in [4.69, 9.17) is 20.0 Å². The van der Waals surface area contributed by atoms with Crippen LogP contribution < -0.4 is 10.1 Å². The van der Waals surface area contributed by atoms with Gasteiger partial charge in [0.1, 0.15) is 29.4 Å². The largest absolute Gasteiger partial charge is 0.485 e. The molecule has 1 N–H and O–H groups in total. The highest BCUT2D eigenvalue weighted by Crippen LogP contribution is 2.25. The van der Waals surface area contributed by atoms with Crippen molar-refractivity contribution in [1.29, 1.82) is 10.5 Å². The number of rotatable bonds is 4. The highest BCUT2D eigenvalue weighted by molar-refractivity contribution is 5.68. The first-order valence-electron chi connectivity index (χ1n) is 8.43. The number of hydrogen-bond acceptors (Lipinski definition) is 6. The quantitative estimate of drug-likeness (QED) is 0.812. The number of nitrogens with one attached hydrogen (secondary N) is 1. The molecule has 27 heavy (non-hydrogen) atoms. The molecular formula is C19H21FN4O3. The number of carbonyl (C=O) groups excluding carboxylic acids is 1. The molecule has 1 atom stereocenters. The van der Waals surface area contributed by atoms with E-state index in [1.54, 1.807) is 43.9 Å². The lowest BCUT2D eigenvalue weighted by molar-refractivity contribution is 0.0275. The molecule has 1 fully saturated rings. The number of nitrogens with zero attached hydrogens (tertiary/aromatic N) is 3. The van der Waals surface area contributed by atoms with Crippen molar-refractivity contribution < 1.29 is 18.7 Å². The van der Waals surface area contributed by atoms with Crippen LogP contribution >= 0.6 is 0 Å². The van der Waals surface area contributed by atoms with E-state index in [1.165, 1.54) is 18.3 Å². The SMILES string of the molecule is CC(C)(C)OC(=O)N1CCC(Oc2ccc(NC=C(C#N)C#N)cc2F)C1. The first-order valence-corrected chi connectivity index (χ1v) is 8.43. The molecule has 1 aromatic rings. The summed E-state index contributed by atoms with van der Waals surface area (Å²) in [5.41, 5.74) is -0.315. The zero-order valence-electron chi connectivity index (χ0n) is 15.5. The van der Waals surface area contributed by atoms with Crippen LogP contribution in [0, 0.1) is 28.5 Å². The van der Waals surface area contributed by atoms with E-state index in [9.17, 15) is 9.18 Å². The van der Waals surface area contributed by atoms with Crippen LogP contribution in [-0.2, 0) is 4.74 Å². The van der Waals surface area contributed by atoms with E-state index in [2.05, 4.69) is 5.32 Å². The van der Waals surface area contributed by atoms with Gasteiger partial charge in [-0.3, -0.25) is 0 Å². The number of hydrogen-bond donors (Lipinski definition) is 1. The van der Waals surface area contributed by atoms with Gasteiger partial charge in [-0.05, 0) is 32.9 Å². The Morgan fingerprint density at radius 3 is 2.67 bits per heavy atom. The van der Waals surface area contributed by atoms with Gasteiger partial charge < -0.3 is 19.7 Å². The molecule has 8 heteroatoms. The number of allylic oxidation sites excluding steroid dienone is 1. The Bertz CT molecular complexity index is 802. The Balaban J connectivity index is 1.95. The number of amides is 1. The van der Waals surface area contributed by atoms with Gasteiger partial charge in [0.2, 0.25) is 0 Å². The maximum atomic E-state index is 14.2. The summed E-state index contributed by atoms with van der Waals surface area (Å²) in [7, 11) is 0. The number of benzene rings is 1. The van der Waals surface area contributed by atoms with Crippen molar-refractivity contribution in [1.82, 2.24) is 4.90 Å². The minimum absolute atomic E-state index is 0.0707. The highest BCUT2D eigenvalue weighted by atomic mass is 19.1. The predicted molar refractivity (Wildman–Crippen MR) is 96.2 cm³/mol. The van der Waals surface area contributed by atoms with Crippen molar-refractivity contribution >= 4 is 11.8 Å². The molecule has 1 saturated heterocycles. The number of ether oxygens (including phenoxy) is 2. The molecule has 0 aromatic heterocycles. The van der Waals surface area contributed by atoms with Gasteiger partial charge in [0.05, 0.1) is 6.54 Å². The van der Waals surface area contributed by atoms with Crippen LogP contribution in [0.25, 0.3) is 0 Å². The smallest absolute Gasteiger partial charge is 0.410 e. The average molecular weight is 372 g/mol. The van der Waals surface area contributed by atoms with Crippen molar-refractivity contribution in [2.45, 2.75) is 38.9 Å². The third kappa shape index (κ3) is 5.89. The van der Waals surface area contributed by atoms with E-state index >= 15 is 0 Å². The minimum atomic E-state index is -0.584. The van der Waals surface area contributed by atoms with E-state index < -0.39 is 17.5 Å². The molecule has 0 aliphatic carbocycles. The van der Waals surface area contributed by atoms with Crippen LogP contribution in [0.5, 0.6) is 5.75 Å². The minimum Gasteiger partial charge on any atom is -0.485 e. The van der Waals surface area contributed by atoms with Crippen LogP contribution in [-0.4, -0.2) is 35.8 Å².